The van der Waals surface area contributed by atoms with Gasteiger partial charge in [0.05, 0.1) is 29.6 Å². The van der Waals surface area contributed by atoms with E-state index in [1.807, 2.05) is 0 Å². The van der Waals surface area contributed by atoms with Crippen molar-refractivity contribution in [1.82, 2.24) is 10.6 Å². The van der Waals surface area contributed by atoms with Crippen molar-refractivity contribution in [3.05, 3.63) is 57.3 Å². The normalized spacial score (nSPS) is 10.7. The van der Waals surface area contributed by atoms with Crippen LogP contribution in [-0.2, 0) is 16.0 Å². The van der Waals surface area contributed by atoms with E-state index in [1.165, 1.54) is 25.3 Å². The summed E-state index contributed by atoms with van der Waals surface area (Å²) in [7, 11) is 0. The molecule has 3 amide bonds. The molecule has 180 valence electrons. The van der Waals surface area contributed by atoms with Crippen molar-refractivity contribution in [1.29, 1.82) is 0 Å². The zero-order valence-electron chi connectivity index (χ0n) is 19.1. The number of carbonyl (C=O) groups is 3. The number of amides is 3. The van der Waals surface area contributed by atoms with Gasteiger partial charge in [0, 0.05) is 25.3 Å². The summed E-state index contributed by atoms with van der Waals surface area (Å²) in [6, 6.07) is 10.1. The number of primary amides is 1. The van der Waals surface area contributed by atoms with E-state index in [2.05, 4.69) is 17.6 Å². The lowest BCUT2D eigenvalue weighted by atomic mass is 10.1. The Balaban J connectivity index is 1.59. The van der Waals surface area contributed by atoms with Crippen LogP contribution >= 0.6 is 11.3 Å². The van der Waals surface area contributed by atoms with Crippen LogP contribution in [0.1, 0.15) is 67.9 Å². The Kier molecular flexibility index (Phi) is 12.2. The Morgan fingerprint density at radius 3 is 2.18 bits per heavy atom. The van der Waals surface area contributed by atoms with E-state index in [0.29, 0.717) is 48.2 Å². The summed E-state index contributed by atoms with van der Waals surface area (Å²) in [4.78, 5) is 36.3. The van der Waals surface area contributed by atoms with Crippen molar-refractivity contribution >= 4 is 29.1 Å². The molecule has 8 nitrogen and oxygen atoms in total. The van der Waals surface area contributed by atoms with Crippen molar-refractivity contribution in [3.8, 4) is 0 Å². The van der Waals surface area contributed by atoms with Gasteiger partial charge >= 0.3 is 0 Å². The first kappa shape index (κ1) is 26.5. The highest BCUT2D eigenvalue weighted by atomic mass is 32.1. The molecule has 0 atom stereocenters. The zero-order chi connectivity index (χ0) is 23.9. The maximum absolute atomic E-state index is 12.2. The first-order valence-electron chi connectivity index (χ1n) is 11.2. The minimum atomic E-state index is -0.554. The second kappa shape index (κ2) is 15.2. The molecule has 0 unspecified atom stereocenters. The van der Waals surface area contributed by atoms with Crippen LogP contribution in [-0.4, -0.2) is 50.7 Å². The minimum absolute atomic E-state index is 0.182. The van der Waals surface area contributed by atoms with Gasteiger partial charge in [0.15, 0.2) is 0 Å². The van der Waals surface area contributed by atoms with Gasteiger partial charge in [-0.15, -0.1) is 11.3 Å². The lowest BCUT2D eigenvalue weighted by Gasteiger charge is -2.08. The Hall–Kier alpha value is -2.75. The summed E-state index contributed by atoms with van der Waals surface area (Å²) in [5.41, 5.74) is 6.59. The molecule has 4 N–H and O–H groups in total. The van der Waals surface area contributed by atoms with Crippen LogP contribution in [0.4, 0.5) is 0 Å². The van der Waals surface area contributed by atoms with Crippen molar-refractivity contribution < 1.29 is 23.9 Å². The topological polar surface area (TPSA) is 120 Å². The number of nitrogens with one attached hydrogen (secondary N) is 2. The van der Waals surface area contributed by atoms with Crippen LogP contribution in [0.15, 0.2) is 36.4 Å². The Labute approximate surface area is 198 Å². The van der Waals surface area contributed by atoms with Gasteiger partial charge in [-0.1, -0.05) is 38.3 Å². The van der Waals surface area contributed by atoms with Gasteiger partial charge in [-0.2, -0.15) is 0 Å². The van der Waals surface area contributed by atoms with E-state index in [0.717, 1.165) is 29.9 Å². The summed E-state index contributed by atoms with van der Waals surface area (Å²) in [5.74, 6) is -1.02. The molecule has 2 aromatic rings. The number of thiophene rings is 1. The van der Waals surface area contributed by atoms with E-state index >= 15 is 0 Å². The van der Waals surface area contributed by atoms with Gasteiger partial charge in [-0.05, 0) is 36.2 Å². The highest BCUT2D eigenvalue weighted by Gasteiger charge is 2.12. The number of unbranched alkanes of at least 4 members (excludes halogenated alkanes) is 3. The number of rotatable bonds is 16. The third kappa shape index (κ3) is 10.2. The number of hydrogen-bond donors (Lipinski definition) is 3. The Bertz CT molecular complexity index is 882. The summed E-state index contributed by atoms with van der Waals surface area (Å²) in [6.45, 7) is 5.18. The lowest BCUT2D eigenvalue weighted by molar-refractivity contribution is 0.0468. The smallest absolute Gasteiger partial charge is 0.261 e. The average Bonchev–Trinajstić information content (AvgIpc) is 3.32. The van der Waals surface area contributed by atoms with Crippen molar-refractivity contribution in [2.45, 2.75) is 39.2 Å². The molecule has 1 aromatic carbocycles. The maximum Gasteiger partial charge on any atom is 0.261 e. The molecular formula is C24H33N3O5S. The van der Waals surface area contributed by atoms with Crippen LogP contribution in [0.5, 0.6) is 0 Å². The van der Waals surface area contributed by atoms with Crippen LogP contribution < -0.4 is 16.4 Å². The predicted molar refractivity (Wildman–Crippen MR) is 129 cm³/mol. The average molecular weight is 476 g/mol. The Morgan fingerprint density at radius 2 is 1.52 bits per heavy atom. The van der Waals surface area contributed by atoms with Gasteiger partial charge < -0.3 is 25.8 Å². The number of nitrogens with two attached hydrogens (primary N) is 1. The molecule has 0 fully saturated rings. The van der Waals surface area contributed by atoms with E-state index in [9.17, 15) is 14.4 Å². The molecule has 9 heteroatoms. The van der Waals surface area contributed by atoms with Gasteiger partial charge in [0.25, 0.3) is 17.7 Å². The van der Waals surface area contributed by atoms with Crippen molar-refractivity contribution in [3.63, 3.8) is 0 Å². The highest BCUT2D eigenvalue weighted by molar-refractivity contribution is 7.15. The van der Waals surface area contributed by atoms with Gasteiger partial charge in [-0.25, -0.2) is 0 Å². The molecule has 1 heterocycles. The second-order valence-corrected chi connectivity index (χ2v) is 8.53. The monoisotopic (exact) mass is 475 g/mol. The molecule has 1 aromatic heterocycles. The van der Waals surface area contributed by atoms with E-state index < -0.39 is 5.91 Å². The SMILES string of the molecule is CCCCCCOCCOCCNC(=O)c1ccc(CNC(=O)c2ccc(C(N)=O)s2)cc1. The molecule has 0 aliphatic rings. The van der Waals surface area contributed by atoms with E-state index in [4.69, 9.17) is 15.2 Å². The molecule has 0 bridgehead atoms. The Morgan fingerprint density at radius 1 is 0.818 bits per heavy atom. The maximum atomic E-state index is 12.2. The number of carbonyl (C=O) groups excluding carboxylic acids is 3. The van der Waals surface area contributed by atoms with Crippen molar-refractivity contribution in [2.24, 2.45) is 5.73 Å². The summed E-state index contributed by atoms with van der Waals surface area (Å²) in [5, 5.41) is 5.60. The largest absolute Gasteiger partial charge is 0.379 e. The fraction of sp³-hybridized carbons (Fsp3) is 0.458. The predicted octanol–water partition coefficient (Wildman–Crippen LogP) is 3.12. The summed E-state index contributed by atoms with van der Waals surface area (Å²) in [6.07, 6.45) is 4.75. The van der Waals surface area contributed by atoms with Crippen molar-refractivity contribution in [2.75, 3.05) is 33.0 Å². The summed E-state index contributed by atoms with van der Waals surface area (Å²) >= 11 is 1.05. The second-order valence-electron chi connectivity index (χ2n) is 7.45. The fourth-order valence-corrected chi connectivity index (χ4v) is 3.70. The van der Waals surface area contributed by atoms with E-state index in [1.54, 1.807) is 30.3 Å². The molecule has 2 rings (SSSR count). The molecule has 0 saturated carbocycles. The van der Waals surface area contributed by atoms with Gasteiger partial charge in [-0.3, -0.25) is 14.4 Å². The minimum Gasteiger partial charge on any atom is -0.379 e. The van der Waals surface area contributed by atoms with Crippen LogP contribution in [0, 0.1) is 0 Å². The van der Waals surface area contributed by atoms with Gasteiger partial charge in [0.1, 0.15) is 0 Å². The molecule has 0 spiro atoms. The van der Waals surface area contributed by atoms with E-state index in [-0.39, 0.29) is 11.8 Å². The number of ether oxygens (including phenoxy) is 2. The third-order valence-electron chi connectivity index (χ3n) is 4.79. The molecule has 0 radical (unpaired) electrons. The lowest BCUT2D eigenvalue weighted by Crippen LogP contribution is -2.27. The molecular weight excluding hydrogens is 442 g/mol. The van der Waals surface area contributed by atoms with Crippen LogP contribution in [0.3, 0.4) is 0 Å². The first-order valence-corrected chi connectivity index (χ1v) is 12.0. The summed E-state index contributed by atoms with van der Waals surface area (Å²) < 4.78 is 11.0. The first-order chi connectivity index (χ1) is 16.0. The fourth-order valence-electron chi connectivity index (χ4n) is 2.93. The third-order valence-corrected chi connectivity index (χ3v) is 5.89. The van der Waals surface area contributed by atoms with Crippen LogP contribution in [0.2, 0.25) is 0 Å². The number of hydrogen-bond acceptors (Lipinski definition) is 6. The number of benzene rings is 1. The molecule has 0 aliphatic carbocycles. The quantitative estimate of drug-likeness (QED) is 0.322. The molecule has 0 aliphatic heterocycles. The zero-order valence-corrected chi connectivity index (χ0v) is 19.9. The van der Waals surface area contributed by atoms with Gasteiger partial charge in [0.2, 0.25) is 0 Å². The molecule has 33 heavy (non-hydrogen) atoms. The van der Waals surface area contributed by atoms with Crippen LogP contribution in [0.25, 0.3) is 0 Å². The molecule has 0 saturated heterocycles. The standard InChI is InChI=1S/C24H33N3O5S/c1-2-3-4-5-13-31-15-16-32-14-12-26-23(29)19-8-6-18(7-9-19)17-27-24(30)21-11-10-20(33-21)22(25)28/h6-11H,2-5,12-17H2,1H3,(H2,25,28)(H,26,29)(H,27,30). The highest BCUT2D eigenvalue weighted by Crippen LogP contribution is 2.16.